The Hall–Kier alpha value is -2.12. The first-order chi connectivity index (χ1) is 9.08. The third kappa shape index (κ3) is 3.43. The third-order valence-electron chi connectivity index (χ3n) is 2.53. The molecule has 0 bridgehead atoms. The van der Waals surface area contributed by atoms with Gasteiger partial charge in [-0.2, -0.15) is 5.26 Å². The topological polar surface area (TPSA) is 35.8 Å². The van der Waals surface area contributed by atoms with Crippen molar-refractivity contribution in [3.05, 3.63) is 64.2 Å². The van der Waals surface area contributed by atoms with E-state index in [4.69, 9.17) is 16.9 Å². The SMILES string of the molecule is N#Cc1ccc(CNc2cc(F)cc(Cl)c2)c(F)c1. The van der Waals surface area contributed by atoms with Gasteiger partial charge in [0.05, 0.1) is 11.6 Å². The molecule has 19 heavy (non-hydrogen) atoms. The van der Waals surface area contributed by atoms with Crippen LogP contribution in [-0.2, 0) is 6.54 Å². The molecule has 0 aromatic heterocycles. The molecule has 0 aliphatic carbocycles. The Bertz CT molecular complexity index is 630. The first-order valence-electron chi connectivity index (χ1n) is 5.47. The lowest BCUT2D eigenvalue weighted by Gasteiger charge is -2.08. The van der Waals surface area contributed by atoms with Gasteiger partial charge in [-0.1, -0.05) is 17.7 Å². The summed E-state index contributed by atoms with van der Waals surface area (Å²) in [7, 11) is 0. The highest BCUT2D eigenvalue weighted by Gasteiger charge is 2.04. The lowest BCUT2D eigenvalue weighted by atomic mass is 10.1. The maximum atomic E-state index is 13.6. The van der Waals surface area contributed by atoms with Crippen LogP contribution in [0.15, 0.2) is 36.4 Å². The van der Waals surface area contributed by atoms with E-state index in [0.717, 1.165) is 6.07 Å². The molecule has 0 amide bonds. The van der Waals surface area contributed by atoms with E-state index in [1.807, 2.05) is 6.07 Å². The van der Waals surface area contributed by atoms with Crippen LogP contribution >= 0.6 is 11.6 Å². The van der Waals surface area contributed by atoms with Gasteiger partial charge in [-0.15, -0.1) is 0 Å². The lowest BCUT2D eigenvalue weighted by Crippen LogP contribution is -2.02. The van der Waals surface area contributed by atoms with Crippen molar-refractivity contribution in [1.82, 2.24) is 0 Å². The number of hydrogen-bond acceptors (Lipinski definition) is 2. The van der Waals surface area contributed by atoms with Crippen molar-refractivity contribution in [2.75, 3.05) is 5.32 Å². The van der Waals surface area contributed by atoms with Gasteiger partial charge in [0, 0.05) is 22.8 Å². The number of rotatable bonds is 3. The zero-order chi connectivity index (χ0) is 13.8. The molecule has 1 N–H and O–H groups in total. The summed E-state index contributed by atoms with van der Waals surface area (Å²) in [6, 6.07) is 10.1. The summed E-state index contributed by atoms with van der Waals surface area (Å²) in [6.07, 6.45) is 0. The van der Waals surface area contributed by atoms with Gasteiger partial charge in [-0.3, -0.25) is 0 Å². The van der Waals surface area contributed by atoms with Crippen LogP contribution in [0.2, 0.25) is 5.02 Å². The standard InChI is InChI=1S/C14H9ClF2N2/c15-11-4-12(16)6-13(5-11)19-8-10-2-1-9(7-18)3-14(10)17/h1-6,19H,8H2. The van der Waals surface area contributed by atoms with Crippen LogP contribution in [-0.4, -0.2) is 0 Å². The van der Waals surface area contributed by atoms with E-state index in [1.165, 1.54) is 24.3 Å². The first kappa shape index (κ1) is 13.3. The van der Waals surface area contributed by atoms with Crippen LogP contribution in [0.1, 0.15) is 11.1 Å². The van der Waals surface area contributed by atoms with Gasteiger partial charge < -0.3 is 5.32 Å². The second kappa shape index (κ2) is 5.68. The fourth-order valence-electron chi connectivity index (χ4n) is 1.61. The highest BCUT2D eigenvalue weighted by molar-refractivity contribution is 6.30. The van der Waals surface area contributed by atoms with Crippen molar-refractivity contribution in [3.63, 3.8) is 0 Å². The quantitative estimate of drug-likeness (QED) is 0.917. The van der Waals surface area contributed by atoms with E-state index >= 15 is 0 Å². The number of benzene rings is 2. The number of nitrogens with zero attached hydrogens (tertiary/aromatic N) is 1. The summed E-state index contributed by atoms with van der Waals surface area (Å²) in [4.78, 5) is 0. The highest BCUT2D eigenvalue weighted by atomic mass is 35.5. The number of halogens is 3. The van der Waals surface area contributed by atoms with E-state index in [0.29, 0.717) is 11.3 Å². The van der Waals surface area contributed by atoms with Crippen molar-refractivity contribution < 1.29 is 8.78 Å². The monoisotopic (exact) mass is 278 g/mol. The van der Waals surface area contributed by atoms with Gasteiger partial charge in [0.2, 0.25) is 0 Å². The van der Waals surface area contributed by atoms with Crippen LogP contribution in [0.4, 0.5) is 14.5 Å². The van der Waals surface area contributed by atoms with E-state index in [1.54, 1.807) is 6.07 Å². The first-order valence-corrected chi connectivity index (χ1v) is 5.85. The smallest absolute Gasteiger partial charge is 0.129 e. The summed E-state index contributed by atoms with van der Waals surface area (Å²) in [5.74, 6) is -0.940. The molecule has 0 heterocycles. The fraction of sp³-hybridized carbons (Fsp3) is 0.0714. The third-order valence-corrected chi connectivity index (χ3v) is 2.75. The Morgan fingerprint density at radius 3 is 2.58 bits per heavy atom. The predicted molar refractivity (Wildman–Crippen MR) is 69.9 cm³/mol. The molecule has 2 nitrogen and oxygen atoms in total. The largest absolute Gasteiger partial charge is 0.381 e. The summed E-state index contributed by atoms with van der Waals surface area (Å²) >= 11 is 5.71. The van der Waals surface area contributed by atoms with Gasteiger partial charge in [0.25, 0.3) is 0 Å². The zero-order valence-electron chi connectivity index (χ0n) is 9.75. The summed E-state index contributed by atoms with van der Waals surface area (Å²) < 4.78 is 26.7. The van der Waals surface area contributed by atoms with Crippen molar-refractivity contribution in [3.8, 4) is 6.07 Å². The molecule has 0 spiro atoms. The molecule has 0 aliphatic rings. The number of anilines is 1. The molecule has 0 saturated heterocycles. The average Bonchev–Trinajstić information content (AvgIpc) is 2.36. The van der Waals surface area contributed by atoms with E-state index in [2.05, 4.69) is 5.32 Å². The van der Waals surface area contributed by atoms with Gasteiger partial charge in [-0.25, -0.2) is 8.78 Å². The molecule has 2 aromatic rings. The molecular formula is C14H9ClF2N2. The Morgan fingerprint density at radius 2 is 1.95 bits per heavy atom. The van der Waals surface area contributed by atoms with Gasteiger partial charge in [-0.05, 0) is 30.3 Å². The van der Waals surface area contributed by atoms with Crippen molar-refractivity contribution >= 4 is 17.3 Å². The normalized spacial score (nSPS) is 10.0. The van der Waals surface area contributed by atoms with E-state index in [9.17, 15) is 8.78 Å². The van der Waals surface area contributed by atoms with E-state index in [-0.39, 0.29) is 17.1 Å². The maximum Gasteiger partial charge on any atom is 0.129 e. The van der Waals surface area contributed by atoms with Crippen LogP contribution in [0, 0.1) is 23.0 Å². The number of nitrogens with one attached hydrogen (secondary N) is 1. The fourth-order valence-corrected chi connectivity index (χ4v) is 1.84. The van der Waals surface area contributed by atoms with Crippen LogP contribution < -0.4 is 5.32 Å². The Kier molecular flexibility index (Phi) is 3.98. The van der Waals surface area contributed by atoms with Crippen LogP contribution in [0.3, 0.4) is 0 Å². The Labute approximate surface area is 114 Å². The Balaban J connectivity index is 2.12. The van der Waals surface area contributed by atoms with Crippen molar-refractivity contribution in [2.45, 2.75) is 6.54 Å². The molecule has 0 unspecified atom stereocenters. The molecule has 2 aromatic carbocycles. The van der Waals surface area contributed by atoms with Gasteiger partial charge >= 0.3 is 0 Å². The molecular weight excluding hydrogens is 270 g/mol. The zero-order valence-corrected chi connectivity index (χ0v) is 10.5. The molecule has 5 heteroatoms. The molecule has 0 atom stereocenters. The van der Waals surface area contributed by atoms with Crippen molar-refractivity contribution in [1.29, 1.82) is 5.26 Å². The van der Waals surface area contributed by atoms with Crippen LogP contribution in [0.25, 0.3) is 0 Å². The number of hydrogen-bond donors (Lipinski definition) is 1. The minimum absolute atomic E-state index is 0.178. The number of nitriles is 1. The molecule has 0 saturated carbocycles. The summed E-state index contributed by atoms with van der Waals surface area (Å²) in [6.45, 7) is 0.178. The lowest BCUT2D eigenvalue weighted by molar-refractivity contribution is 0.612. The highest BCUT2D eigenvalue weighted by Crippen LogP contribution is 2.19. The summed E-state index contributed by atoms with van der Waals surface area (Å²) in [5, 5.41) is 11.8. The molecule has 96 valence electrons. The van der Waals surface area contributed by atoms with Gasteiger partial charge in [0.15, 0.2) is 0 Å². The molecule has 0 fully saturated rings. The second-order valence-electron chi connectivity index (χ2n) is 3.93. The van der Waals surface area contributed by atoms with Crippen molar-refractivity contribution in [2.24, 2.45) is 0 Å². The van der Waals surface area contributed by atoms with E-state index < -0.39 is 11.6 Å². The van der Waals surface area contributed by atoms with Crippen LogP contribution in [0.5, 0.6) is 0 Å². The summed E-state index contributed by atoms with van der Waals surface area (Å²) in [5.41, 5.74) is 1.11. The Morgan fingerprint density at radius 1 is 1.16 bits per heavy atom. The predicted octanol–water partition coefficient (Wildman–Crippen LogP) is 4.10. The molecule has 0 aliphatic heterocycles. The minimum Gasteiger partial charge on any atom is -0.381 e. The average molecular weight is 279 g/mol. The second-order valence-corrected chi connectivity index (χ2v) is 4.37. The molecule has 2 rings (SSSR count). The maximum absolute atomic E-state index is 13.6. The minimum atomic E-state index is -0.478. The van der Waals surface area contributed by atoms with Gasteiger partial charge in [0.1, 0.15) is 11.6 Å². The molecule has 0 radical (unpaired) electrons.